The maximum Gasteiger partial charge on any atom is 0.0631 e. The first-order valence-corrected chi connectivity index (χ1v) is 4.80. The molecule has 0 aliphatic heterocycles. The molecule has 1 aliphatic rings. The van der Waals surface area contributed by atoms with Crippen LogP contribution in [0.4, 0.5) is 0 Å². The molecule has 2 heteroatoms. The van der Waals surface area contributed by atoms with Crippen LogP contribution in [0.25, 0.3) is 0 Å². The van der Waals surface area contributed by atoms with Gasteiger partial charge in [-0.3, -0.25) is 0 Å². The van der Waals surface area contributed by atoms with E-state index in [0.29, 0.717) is 12.2 Å². The Morgan fingerprint density at radius 3 is 2.17 bits per heavy atom. The molecule has 0 saturated heterocycles. The quantitative estimate of drug-likeness (QED) is 0.650. The van der Waals surface area contributed by atoms with Crippen molar-refractivity contribution >= 4 is 0 Å². The van der Waals surface area contributed by atoms with Gasteiger partial charge in [0.1, 0.15) is 0 Å². The van der Waals surface area contributed by atoms with Crippen molar-refractivity contribution in [3.8, 4) is 0 Å². The van der Waals surface area contributed by atoms with E-state index >= 15 is 0 Å². The molecular formula is C10H20O2. The SMILES string of the molecule is CCOC1CC(OC(C)(C)C)C1. The Kier molecular flexibility index (Phi) is 3.13. The Balaban J connectivity index is 2.10. The average Bonchev–Trinajstić information content (AvgIpc) is 1.80. The standard InChI is InChI=1S/C10H20O2/c1-5-11-8-6-9(7-8)12-10(2,3)4/h8-9H,5-7H2,1-4H3. The van der Waals surface area contributed by atoms with Crippen LogP contribution in [-0.4, -0.2) is 24.4 Å². The molecule has 0 bridgehead atoms. The molecule has 1 aliphatic carbocycles. The Morgan fingerprint density at radius 1 is 1.17 bits per heavy atom. The van der Waals surface area contributed by atoms with Crippen LogP contribution in [0.15, 0.2) is 0 Å². The van der Waals surface area contributed by atoms with Crippen molar-refractivity contribution in [2.45, 2.75) is 58.3 Å². The lowest BCUT2D eigenvalue weighted by molar-refractivity contribution is -0.147. The van der Waals surface area contributed by atoms with Gasteiger partial charge in [0.15, 0.2) is 0 Å². The highest BCUT2D eigenvalue weighted by Crippen LogP contribution is 2.29. The van der Waals surface area contributed by atoms with E-state index < -0.39 is 0 Å². The van der Waals surface area contributed by atoms with Gasteiger partial charge in [0.05, 0.1) is 17.8 Å². The zero-order chi connectivity index (χ0) is 9.19. The van der Waals surface area contributed by atoms with Crippen molar-refractivity contribution < 1.29 is 9.47 Å². The van der Waals surface area contributed by atoms with E-state index in [0.717, 1.165) is 19.4 Å². The molecule has 0 aromatic rings. The molecule has 1 fully saturated rings. The summed E-state index contributed by atoms with van der Waals surface area (Å²) in [7, 11) is 0. The predicted octanol–water partition coefficient (Wildman–Crippen LogP) is 2.37. The summed E-state index contributed by atoms with van der Waals surface area (Å²) in [6, 6.07) is 0. The largest absolute Gasteiger partial charge is 0.378 e. The fourth-order valence-corrected chi connectivity index (χ4v) is 1.49. The highest BCUT2D eigenvalue weighted by Gasteiger charge is 2.33. The van der Waals surface area contributed by atoms with E-state index in [1.165, 1.54) is 0 Å². The van der Waals surface area contributed by atoms with E-state index in [1.54, 1.807) is 0 Å². The maximum absolute atomic E-state index is 5.77. The molecule has 2 nitrogen and oxygen atoms in total. The smallest absolute Gasteiger partial charge is 0.0631 e. The van der Waals surface area contributed by atoms with Crippen molar-refractivity contribution in [3.63, 3.8) is 0 Å². The summed E-state index contributed by atoms with van der Waals surface area (Å²) < 4.78 is 11.2. The molecule has 72 valence electrons. The number of hydrogen-bond acceptors (Lipinski definition) is 2. The summed E-state index contributed by atoms with van der Waals surface area (Å²) in [5, 5.41) is 0. The van der Waals surface area contributed by atoms with Gasteiger partial charge >= 0.3 is 0 Å². The summed E-state index contributed by atoms with van der Waals surface area (Å²) in [5.74, 6) is 0. The molecule has 0 unspecified atom stereocenters. The molecule has 0 aromatic heterocycles. The summed E-state index contributed by atoms with van der Waals surface area (Å²) in [6.45, 7) is 9.16. The first kappa shape index (κ1) is 10.0. The Morgan fingerprint density at radius 2 is 1.75 bits per heavy atom. The van der Waals surface area contributed by atoms with Crippen LogP contribution < -0.4 is 0 Å². The lowest BCUT2D eigenvalue weighted by Gasteiger charge is -2.38. The number of ether oxygens (including phenoxy) is 2. The fourth-order valence-electron chi connectivity index (χ4n) is 1.49. The summed E-state index contributed by atoms with van der Waals surface area (Å²) in [6.07, 6.45) is 3.04. The zero-order valence-electron chi connectivity index (χ0n) is 8.59. The van der Waals surface area contributed by atoms with Crippen molar-refractivity contribution in [3.05, 3.63) is 0 Å². The highest BCUT2D eigenvalue weighted by atomic mass is 16.5. The maximum atomic E-state index is 5.77. The minimum atomic E-state index is 0.00184. The van der Waals surface area contributed by atoms with Gasteiger partial charge < -0.3 is 9.47 Å². The molecule has 12 heavy (non-hydrogen) atoms. The molecule has 1 rings (SSSR count). The molecule has 0 heterocycles. The van der Waals surface area contributed by atoms with Crippen molar-refractivity contribution in [2.75, 3.05) is 6.61 Å². The van der Waals surface area contributed by atoms with Gasteiger partial charge in [-0.2, -0.15) is 0 Å². The second kappa shape index (κ2) is 3.75. The van der Waals surface area contributed by atoms with Crippen molar-refractivity contribution in [2.24, 2.45) is 0 Å². The monoisotopic (exact) mass is 172 g/mol. The van der Waals surface area contributed by atoms with E-state index in [9.17, 15) is 0 Å². The Hall–Kier alpha value is -0.0800. The molecular weight excluding hydrogens is 152 g/mol. The lowest BCUT2D eigenvalue weighted by Crippen LogP contribution is -2.41. The van der Waals surface area contributed by atoms with Crippen molar-refractivity contribution in [1.29, 1.82) is 0 Å². The minimum Gasteiger partial charge on any atom is -0.378 e. The van der Waals surface area contributed by atoms with E-state index in [2.05, 4.69) is 20.8 Å². The molecule has 0 radical (unpaired) electrons. The normalized spacial score (nSPS) is 30.0. The van der Waals surface area contributed by atoms with E-state index in [-0.39, 0.29) is 5.60 Å². The van der Waals surface area contributed by atoms with Crippen molar-refractivity contribution in [1.82, 2.24) is 0 Å². The van der Waals surface area contributed by atoms with Gasteiger partial charge in [-0.1, -0.05) is 0 Å². The molecule has 0 aromatic carbocycles. The topological polar surface area (TPSA) is 18.5 Å². The van der Waals surface area contributed by atoms with Crippen LogP contribution in [0.2, 0.25) is 0 Å². The van der Waals surface area contributed by atoms with Gasteiger partial charge in [-0.25, -0.2) is 0 Å². The third-order valence-corrected chi connectivity index (χ3v) is 1.97. The van der Waals surface area contributed by atoms with Gasteiger partial charge in [-0.05, 0) is 40.5 Å². The number of hydrogen-bond donors (Lipinski definition) is 0. The summed E-state index contributed by atoms with van der Waals surface area (Å²) in [5.41, 5.74) is 0.00184. The second-order valence-electron chi connectivity index (χ2n) is 4.40. The van der Waals surface area contributed by atoms with Gasteiger partial charge in [0.2, 0.25) is 0 Å². The van der Waals surface area contributed by atoms with Gasteiger partial charge in [0.25, 0.3) is 0 Å². The van der Waals surface area contributed by atoms with Gasteiger partial charge in [-0.15, -0.1) is 0 Å². The minimum absolute atomic E-state index is 0.00184. The van der Waals surface area contributed by atoms with Crippen LogP contribution in [-0.2, 0) is 9.47 Å². The van der Waals surface area contributed by atoms with Gasteiger partial charge in [0, 0.05) is 6.61 Å². The molecule has 0 amide bonds. The fraction of sp³-hybridized carbons (Fsp3) is 1.00. The Labute approximate surface area is 75.2 Å². The third-order valence-electron chi connectivity index (χ3n) is 1.97. The third kappa shape index (κ3) is 3.11. The summed E-state index contributed by atoms with van der Waals surface area (Å²) >= 11 is 0. The van der Waals surface area contributed by atoms with Crippen LogP contribution in [0.3, 0.4) is 0 Å². The van der Waals surface area contributed by atoms with Crippen LogP contribution >= 0.6 is 0 Å². The molecule has 0 spiro atoms. The molecule has 0 N–H and O–H groups in total. The van der Waals surface area contributed by atoms with Crippen LogP contribution in [0.5, 0.6) is 0 Å². The molecule has 0 atom stereocenters. The average molecular weight is 172 g/mol. The molecule has 1 saturated carbocycles. The second-order valence-corrected chi connectivity index (χ2v) is 4.40. The van der Waals surface area contributed by atoms with Crippen LogP contribution in [0.1, 0.15) is 40.5 Å². The van der Waals surface area contributed by atoms with Crippen LogP contribution in [0, 0.1) is 0 Å². The number of rotatable bonds is 3. The van der Waals surface area contributed by atoms with E-state index in [1.807, 2.05) is 6.92 Å². The predicted molar refractivity (Wildman–Crippen MR) is 49.3 cm³/mol. The summed E-state index contributed by atoms with van der Waals surface area (Å²) in [4.78, 5) is 0. The lowest BCUT2D eigenvalue weighted by atomic mass is 9.91. The first-order chi connectivity index (χ1) is 5.51. The first-order valence-electron chi connectivity index (χ1n) is 4.80. The van der Waals surface area contributed by atoms with E-state index in [4.69, 9.17) is 9.47 Å². The zero-order valence-corrected chi connectivity index (χ0v) is 8.59. The Bertz CT molecular complexity index is 131. The highest BCUT2D eigenvalue weighted by molar-refractivity contribution is 4.83.